The van der Waals surface area contributed by atoms with E-state index in [1.807, 2.05) is 0 Å². The number of carbonyl (C=O) groups excluding carboxylic acids is 2. The molecule has 2 aliphatic rings. The van der Waals surface area contributed by atoms with Gasteiger partial charge in [0.25, 0.3) is 0 Å². The Kier molecular flexibility index (Phi) is 3.20. The molecule has 5 nitrogen and oxygen atoms in total. The van der Waals surface area contributed by atoms with Gasteiger partial charge >= 0.3 is 11.8 Å². The summed E-state index contributed by atoms with van der Waals surface area (Å²) in [5.74, 6) is -0.801. The number of carbonyl (C=O) groups is 2. The third-order valence-electron chi connectivity index (χ3n) is 2.73. The SMILES string of the molecule is O=C(NC1CC1)C(=O)N1CCCNCC1. The molecule has 1 saturated carbocycles. The van der Waals surface area contributed by atoms with Crippen molar-refractivity contribution in [1.82, 2.24) is 15.5 Å². The van der Waals surface area contributed by atoms with Crippen LogP contribution in [0.4, 0.5) is 0 Å². The number of hydrogen-bond donors (Lipinski definition) is 2. The fraction of sp³-hybridized carbons (Fsp3) is 0.800. The number of nitrogens with one attached hydrogen (secondary N) is 2. The first kappa shape index (κ1) is 10.4. The van der Waals surface area contributed by atoms with E-state index in [4.69, 9.17) is 0 Å². The largest absolute Gasteiger partial charge is 0.345 e. The van der Waals surface area contributed by atoms with Crippen LogP contribution in [0.25, 0.3) is 0 Å². The number of rotatable bonds is 1. The molecule has 0 aromatic carbocycles. The zero-order valence-electron chi connectivity index (χ0n) is 8.79. The van der Waals surface area contributed by atoms with E-state index < -0.39 is 5.91 Å². The van der Waals surface area contributed by atoms with Crippen LogP contribution < -0.4 is 10.6 Å². The monoisotopic (exact) mass is 211 g/mol. The maximum absolute atomic E-state index is 11.7. The summed E-state index contributed by atoms with van der Waals surface area (Å²) >= 11 is 0. The van der Waals surface area contributed by atoms with Crippen LogP contribution in [0.15, 0.2) is 0 Å². The van der Waals surface area contributed by atoms with Crippen LogP contribution in [0.3, 0.4) is 0 Å². The Balaban J connectivity index is 1.83. The van der Waals surface area contributed by atoms with Crippen LogP contribution in [0.2, 0.25) is 0 Å². The smallest absolute Gasteiger partial charge is 0.311 e. The van der Waals surface area contributed by atoms with Gasteiger partial charge in [-0.25, -0.2) is 0 Å². The number of amides is 2. The Morgan fingerprint density at radius 2 is 2.00 bits per heavy atom. The van der Waals surface area contributed by atoms with Crippen molar-refractivity contribution in [3.05, 3.63) is 0 Å². The molecule has 0 aromatic heterocycles. The third kappa shape index (κ3) is 2.92. The average molecular weight is 211 g/mol. The van der Waals surface area contributed by atoms with Gasteiger partial charge in [0.1, 0.15) is 0 Å². The summed E-state index contributed by atoms with van der Waals surface area (Å²) in [5, 5.41) is 5.92. The van der Waals surface area contributed by atoms with Crippen molar-refractivity contribution in [2.45, 2.75) is 25.3 Å². The highest BCUT2D eigenvalue weighted by Crippen LogP contribution is 2.18. The third-order valence-corrected chi connectivity index (χ3v) is 2.73. The highest BCUT2D eigenvalue weighted by Gasteiger charge is 2.29. The van der Waals surface area contributed by atoms with E-state index in [9.17, 15) is 9.59 Å². The van der Waals surface area contributed by atoms with Gasteiger partial charge in [-0.3, -0.25) is 9.59 Å². The van der Waals surface area contributed by atoms with Crippen molar-refractivity contribution < 1.29 is 9.59 Å². The highest BCUT2D eigenvalue weighted by molar-refractivity contribution is 6.35. The van der Waals surface area contributed by atoms with Gasteiger partial charge in [0, 0.05) is 25.7 Å². The molecule has 2 rings (SSSR count). The van der Waals surface area contributed by atoms with Crippen LogP contribution in [0.5, 0.6) is 0 Å². The van der Waals surface area contributed by atoms with Gasteiger partial charge in [0.2, 0.25) is 0 Å². The van der Waals surface area contributed by atoms with Crippen molar-refractivity contribution in [1.29, 1.82) is 0 Å². The average Bonchev–Trinajstić information content (AvgIpc) is 3.01. The highest BCUT2D eigenvalue weighted by atomic mass is 16.2. The Labute approximate surface area is 89.2 Å². The summed E-state index contributed by atoms with van der Waals surface area (Å²) in [5.41, 5.74) is 0. The second kappa shape index (κ2) is 4.61. The van der Waals surface area contributed by atoms with Crippen molar-refractivity contribution in [3.8, 4) is 0 Å². The standard InChI is InChI=1S/C10H17N3O2/c14-9(12-8-2-3-8)10(15)13-6-1-4-11-5-7-13/h8,11H,1-7H2,(H,12,14). The molecule has 2 fully saturated rings. The lowest BCUT2D eigenvalue weighted by Gasteiger charge is -2.18. The van der Waals surface area contributed by atoms with E-state index in [1.54, 1.807) is 4.90 Å². The van der Waals surface area contributed by atoms with Gasteiger partial charge in [-0.15, -0.1) is 0 Å². The first-order valence-electron chi connectivity index (χ1n) is 5.58. The molecule has 0 radical (unpaired) electrons. The van der Waals surface area contributed by atoms with Gasteiger partial charge in [0.05, 0.1) is 0 Å². The summed E-state index contributed by atoms with van der Waals surface area (Å²) < 4.78 is 0. The Hall–Kier alpha value is -1.10. The predicted molar refractivity (Wildman–Crippen MR) is 55.2 cm³/mol. The molecule has 0 unspecified atom stereocenters. The maximum atomic E-state index is 11.7. The molecule has 1 saturated heterocycles. The van der Waals surface area contributed by atoms with E-state index >= 15 is 0 Å². The van der Waals surface area contributed by atoms with Crippen molar-refractivity contribution >= 4 is 11.8 Å². The minimum absolute atomic E-state index is 0.256. The molecule has 1 aliphatic carbocycles. The summed E-state index contributed by atoms with van der Waals surface area (Å²) in [6, 6.07) is 0.256. The van der Waals surface area contributed by atoms with E-state index in [0.29, 0.717) is 13.1 Å². The zero-order valence-corrected chi connectivity index (χ0v) is 8.79. The van der Waals surface area contributed by atoms with Gasteiger partial charge in [0.15, 0.2) is 0 Å². The summed E-state index contributed by atoms with van der Waals surface area (Å²) in [7, 11) is 0. The lowest BCUT2D eigenvalue weighted by atomic mass is 10.3. The van der Waals surface area contributed by atoms with Crippen LogP contribution in [-0.2, 0) is 9.59 Å². The van der Waals surface area contributed by atoms with E-state index in [1.165, 1.54) is 0 Å². The van der Waals surface area contributed by atoms with Crippen molar-refractivity contribution in [3.63, 3.8) is 0 Å². The molecule has 0 bridgehead atoms. The minimum Gasteiger partial charge on any atom is -0.345 e. The minimum atomic E-state index is -0.431. The Bertz CT molecular complexity index is 255. The quantitative estimate of drug-likeness (QED) is 0.552. The van der Waals surface area contributed by atoms with Gasteiger partial charge < -0.3 is 15.5 Å². The second-order valence-electron chi connectivity index (χ2n) is 4.14. The molecule has 2 N–H and O–H groups in total. The first-order valence-corrected chi connectivity index (χ1v) is 5.58. The predicted octanol–water partition coefficient (Wildman–Crippen LogP) is -0.913. The Morgan fingerprint density at radius 3 is 2.73 bits per heavy atom. The molecular formula is C10H17N3O2. The lowest BCUT2D eigenvalue weighted by Crippen LogP contribution is -2.45. The van der Waals surface area contributed by atoms with Gasteiger partial charge in [-0.05, 0) is 25.8 Å². The van der Waals surface area contributed by atoms with Crippen LogP contribution in [-0.4, -0.2) is 48.9 Å². The number of hydrogen-bond acceptors (Lipinski definition) is 3. The molecule has 0 spiro atoms. The molecule has 1 aliphatic heterocycles. The topological polar surface area (TPSA) is 61.4 Å². The molecule has 0 atom stereocenters. The van der Waals surface area contributed by atoms with Gasteiger partial charge in [-0.1, -0.05) is 0 Å². The van der Waals surface area contributed by atoms with Crippen LogP contribution >= 0.6 is 0 Å². The summed E-state index contributed by atoms with van der Waals surface area (Å²) in [4.78, 5) is 24.8. The summed E-state index contributed by atoms with van der Waals surface area (Å²) in [6.45, 7) is 3.03. The Morgan fingerprint density at radius 1 is 1.20 bits per heavy atom. The molecule has 15 heavy (non-hydrogen) atoms. The molecule has 1 heterocycles. The molecule has 0 aromatic rings. The molecule has 84 valence electrons. The molecular weight excluding hydrogens is 194 g/mol. The first-order chi connectivity index (χ1) is 7.27. The fourth-order valence-electron chi connectivity index (χ4n) is 1.67. The molecule has 2 amide bonds. The fourth-order valence-corrected chi connectivity index (χ4v) is 1.67. The normalized spacial score (nSPS) is 22.0. The maximum Gasteiger partial charge on any atom is 0.311 e. The summed E-state index contributed by atoms with van der Waals surface area (Å²) in [6.07, 6.45) is 2.95. The zero-order chi connectivity index (χ0) is 10.7. The molecule has 5 heteroatoms. The van der Waals surface area contributed by atoms with Gasteiger partial charge in [-0.2, -0.15) is 0 Å². The van der Waals surface area contributed by atoms with Crippen molar-refractivity contribution in [2.24, 2.45) is 0 Å². The van der Waals surface area contributed by atoms with E-state index in [-0.39, 0.29) is 11.9 Å². The van der Waals surface area contributed by atoms with Crippen LogP contribution in [0.1, 0.15) is 19.3 Å². The van der Waals surface area contributed by atoms with E-state index in [2.05, 4.69) is 10.6 Å². The van der Waals surface area contributed by atoms with E-state index in [0.717, 1.165) is 32.4 Å². The lowest BCUT2D eigenvalue weighted by molar-refractivity contribution is -0.145. The van der Waals surface area contributed by atoms with Crippen LogP contribution in [0, 0.1) is 0 Å². The van der Waals surface area contributed by atoms with Crippen molar-refractivity contribution in [2.75, 3.05) is 26.2 Å². The number of nitrogens with zero attached hydrogens (tertiary/aromatic N) is 1. The second-order valence-corrected chi connectivity index (χ2v) is 4.14.